The number of carbonyl (C=O) groups is 3. The molecule has 0 saturated heterocycles. The van der Waals surface area contributed by atoms with Gasteiger partial charge in [-0.3, -0.25) is 19.3 Å². The zero-order valence-electron chi connectivity index (χ0n) is 21.2. The van der Waals surface area contributed by atoms with E-state index in [4.69, 9.17) is 9.47 Å². The molecule has 1 amide bonds. The molecule has 0 aliphatic heterocycles. The van der Waals surface area contributed by atoms with Crippen molar-refractivity contribution in [3.05, 3.63) is 0 Å². The number of ether oxygens (including phenoxy) is 2. The topological polar surface area (TPSA) is 84.9 Å². The highest BCUT2D eigenvalue weighted by Gasteiger charge is 2.32. The summed E-state index contributed by atoms with van der Waals surface area (Å²) in [5, 5.41) is 2.98. The van der Waals surface area contributed by atoms with Gasteiger partial charge in [-0.15, -0.1) is 0 Å². The monoisotopic (exact) mass is 442 g/mol. The Bertz CT molecular complexity index is 546. The van der Waals surface area contributed by atoms with Crippen molar-refractivity contribution in [2.45, 2.75) is 73.9 Å². The molecule has 7 heteroatoms. The summed E-state index contributed by atoms with van der Waals surface area (Å²) in [5.74, 6) is 0.193. The fourth-order valence-electron chi connectivity index (χ4n) is 3.31. The number of rotatable bonds is 17. The summed E-state index contributed by atoms with van der Waals surface area (Å²) in [6, 6.07) is -0.818. The van der Waals surface area contributed by atoms with Crippen LogP contribution in [-0.2, 0) is 23.9 Å². The summed E-state index contributed by atoms with van der Waals surface area (Å²) in [5.41, 5.74) is 0. The smallest absolute Gasteiger partial charge is 0.238 e. The lowest BCUT2D eigenvalue weighted by atomic mass is 9.92. The summed E-state index contributed by atoms with van der Waals surface area (Å²) in [7, 11) is 1.90. The third kappa shape index (κ3) is 11.8. The predicted molar refractivity (Wildman–Crippen MR) is 124 cm³/mol. The van der Waals surface area contributed by atoms with Gasteiger partial charge in [0.2, 0.25) is 5.91 Å². The Labute approximate surface area is 189 Å². The molecule has 0 aliphatic carbocycles. The Balaban J connectivity index is 4.46. The van der Waals surface area contributed by atoms with Crippen LogP contribution in [0.5, 0.6) is 0 Å². The molecule has 0 aromatic rings. The first kappa shape index (κ1) is 29.7. The summed E-state index contributed by atoms with van der Waals surface area (Å²) < 4.78 is 11.1. The van der Waals surface area contributed by atoms with Gasteiger partial charge in [0.1, 0.15) is 5.78 Å². The SMILES string of the molecule is CC(C)C(=O)CCOCCOCCN(C)[C@H](C(=O)N[C@H](C(=O)C(C)C)C(C)C)C(C)C. The minimum Gasteiger partial charge on any atom is -0.379 e. The largest absolute Gasteiger partial charge is 0.379 e. The van der Waals surface area contributed by atoms with Gasteiger partial charge in [0.05, 0.1) is 38.5 Å². The van der Waals surface area contributed by atoms with E-state index in [1.54, 1.807) is 0 Å². The maximum atomic E-state index is 13.0. The summed E-state index contributed by atoms with van der Waals surface area (Å²) in [6.07, 6.45) is 0.433. The van der Waals surface area contributed by atoms with Crippen LogP contribution < -0.4 is 5.32 Å². The van der Waals surface area contributed by atoms with Gasteiger partial charge in [-0.05, 0) is 18.9 Å². The van der Waals surface area contributed by atoms with Crippen LogP contribution in [0.3, 0.4) is 0 Å². The highest BCUT2D eigenvalue weighted by Crippen LogP contribution is 2.14. The van der Waals surface area contributed by atoms with Crippen molar-refractivity contribution in [2.75, 3.05) is 40.0 Å². The van der Waals surface area contributed by atoms with E-state index in [0.717, 1.165) is 0 Å². The predicted octanol–water partition coefficient (Wildman–Crippen LogP) is 2.96. The third-order valence-electron chi connectivity index (χ3n) is 5.31. The van der Waals surface area contributed by atoms with Crippen molar-refractivity contribution in [3.8, 4) is 0 Å². The quantitative estimate of drug-likeness (QED) is 0.349. The Kier molecular flexibility index (Phi) is 14.8. The molecule has 0 heterocycles. The van der Waals surface area contributed by atoms with E-state index in [2.05, 4.69) is 5.32 Å². The van der Waals surface area contributed by atoms with Crippen LogP contribution >= 0.6 is 0 Å². The van der Waals surface area contributed by atoms with E-state index < -0.39 is 6.04 Å². The van der Waals surface area contributed by atoms with Crippen LogP contribution in [0.25, 0.3) is 0 Å². The van der Waals surface area contributed by atoms with E-state index in [1.165, 1.54) is 0 Å². The highest BCUT2D eigenvalue weighted by atomic mass is 16.5. The molecule has 31 heavy (non-hydrogen) atoms. The van der Waals surface area contributed by atoms with Crippen molar-refractivity contribution in [3.63, 3.8) is 0 Å². The van der Waals surface area contributed by atoms with Gasteiger partial charge in [0.15, 0.2) is 5.78 Å². The molecular weight excluding hydrogens is 396 g/mol. The van der Waals surface area contributed by atoms with Crippen molar-refractivity contribution >= 4 is 17.5 Å². The Morgan fingerprint density at radius 3 is 1.77 bits per heavy atom. The Morgan fingerprint density at radius 1 is 0.774 bits per heavy atom. The molecule has 0 aliphatic rings. The highest BCUT2D eigenvalue weighted by molar-refractivity contribution is 5.92. The molecule has 0 aromatic carbocycles. The minimum absolute atomic E-state index is 0.0381. The fraction of sp³-hybridized carbons (Fsp3) is 0.875. The van der Waals surface area contributed by atoms with E-state index in [9.17, 15) is 14.4 Å². The molecule has 0 fully saturated rings. The average Bonchev–Trinajstić information content (AvgIpc) is 2.66. The van der Waals surface area contributed by atoms with Crippen LogP contribution in [0, 0.1) is 23.7 Å². The third-order valence-corrected chi connectivity index (χ3v) is 5.31. The number of carbonyl (C=O) groups excluding carboxylic acids is 3. The van der Waals surface area contributed by atoms with Gasteiger partial charge < -0.3 is 14.8 Å². The second kappa shape index (κ2) is 15.5. The standard InChI is InChI=1S/C24H46N2O5/c1-16(2)20(27)10-12-30-14-15-31-13-11-26(9)22(18(5)6)24(29)25-21(17(3)4)23(28)19(7)8/h16-19,21-22H,10-15H2,1-9H3,(H,25,29)/t21-,22-/m0/s1. The lowest BCUT2D eigenvalue weighted by Crippen LogP contribution is -2.55. The summed E-state index contributed by atoms with van der Waals surface area (Å²) >= 11 is 0. The number of Topliss-reactive ketones (excluding diaryl/α,β-unsaturated/α-hetero) is 2. The van der Waals surface area contributed by atoms with Crippen molar-refractivity contribution in [2.24, 2.45) is 23.7 Å². The van der Waals surface area contributed by atoms with E-state index in [1.807, 2.05) is 67.3 Å². The first-order valence-corrected chi connectivity index (χ1v) is 11.6. The van der Waals surface area contributed by atoms with Gasteiger partial charge in [0, 0.05) is 24.8 Å². The van der Waals surface area contributed by atoms with Gasteiger partial charge in [-0.1, -0.05) is 55.4 Å². The van der Waals surface area contributed by atoms with Crippen LogP contribution in [0.4, 0.5) is 0 Å². The van der Waals surface area contributed by atoms with Crippen molar-refractivity contribution in [1.29, 1.82) is 0 Å². The lowest BCUT2D eigenvalue weighted by Gasteiger charge is -2.32. The molecule has 0 aromatic heterocycles. The summed E-state index contributed by atoms with van der Waals surface area (Å²) in [4.78, 5) is 39.0. The molecule has 0 bridgehead atoms. The molecule has 2 atom stereocenters. The van der Waals surface area contributed by atoms with Gasteiger partial charge in [-0.25, -0.2) is 0 Å². The van der Waals surface area contributed by atoms with Crippen LogP contribution in [0.1, 0.15) is 61.8 Å². The Morgan fingerprint density at radius 2 is 1.32 bits per heavy atom. The molecule has 0 spiro atoms. The molecular formula is C24H46N2O5. The normalized spacial score (nSPS) is 14.0. The van der Waals surface area contributed by atoms with Crippen molar-refractivity contribution < 1.29 is 23.9 Å². The number of nitrogens with one attached hydrogen (secondary N) is 1. The lowest BCUT2D eigenvalue weighted by molar-refractivity contribution is -0.134. The Hall–Kier alpha value is -1.31. The van der Waals surface area contributed by atoms with Crippen molar-refractivity contribution in [1.82, 2.24) is 10.2 Å². The van der Waals surface area contributed by atoms with E-state index >= 15 is 0 Å². The van der Waals surface area contributed by atoms with Crippen LogP contribution in [0.15, 0.2) is 0 Å². The zero-order chi connectivity index (χ0) is 24.1. The maximum absolute atomic E-state index is 13.0. The molecule has 182 valence electrons. The van der Waals surface area contributed by atoms with Gasteiger partial charge in [-0.2, -0.15) is 0 Å². The van der Waals surface area contributed by atoms with E-state index in [0.29, 0.717) is 39.4 Å². The minimum atomic E-state index is -0.474. The van der Waals surface area contributed by atoms with Crippen LogP contribution in [0.2, 0.25) is 0 Å². The zero-order valence-corrected chi connectivity index (χ0v) is 21.2. The molecule has 0 rings (SSSR count). The number of amides is 1. The van der Waals surface area contributed by atoms with Gasteiger partial charge in [0.25, 0.3) is 0 Å². The van der Waals surface area contributed by atoms with Gasteiger partial charge >= 0.3 is 0 Å². The number of hydrogen-bond acceptors (Lipinski definition) is 6. The first-order chi connectivity index (χ1) is 14.4. The number of nitrogens with zero attached hydrogens (tertiary/aromatic N) is 1. The second-order valence-corrected chi connectivity index (χ2v) is 9.55. The number of ketones is 2. The average molecular weight is 443 g/mol. The summed E-state index contributed by atoms with van der Waals surface area (Å²) in [6.45, 7) is 17.8. The van der Waals surface area contributed by atoms with Crippen LogP contribution in [-0.4, -0.2) is 74.5 Å². The number of hydrogen-bond donors (Lipinski definition) is 1. The molecule has 1 N–H and O–H groups in total. The molecule has 0 saturated carbocycles. The molecule has 0 radical (unpaired) electrons. The number of likely N-dealkylation sites (N-methyl/N-ethyl adjacent to an activating group) is 1. The molecule has 0 unspecified atom stereocenters. The first-order valence-electron chi connectivity index (χ1n) is 11.6. The molecule has 7 nitrogen and oxygen atoms in total. The maximum Gasteiger partial charge on any atom is 0.238 e. The fourth-order valence-corrected chi connectivity index (χ4v) is 3.31. The second-order valence-electron chi connectivity index (χ2n) is 9.55. The van der Waals surface area contributed by atoms with E-state index in [-0.39, 0.29) is 47.2 Å².